The maximum Gasteiger partial charge on any atom is 0.250 e. The highest BCUT2D eigenvalue weighted by molar-refractivity contribution is 5.81. The van der Waals surface area contributed by atoms with Crippen LogP contribution < -0.4 is 15.2 Å². The average Bonchev–Trinajstić information content (AvgIpc) is 3.25. The summed E-state index contributed by atoms with van der Waals surface area (Å²) < 4.78 is 5.44. The van der Waals surface area contributed by atoms with Crippen molar-refractivity contribution in [1.82, 2.24) is 15.0 Å². The molecule has 0 unspecified atom stereocenters. The highest BCUT2D eigenvalue weighted by Crippen LogP contribution is 2.21. The van der Waals surface area contributed by atoms with Gasteiger partial charge in [0.05, 0.1) is 19.4 Å². The first kappa shape index (κ1) is 17.7. The molecule has 8 nitrogen and oxygen atoms in total. The number of aromatic nitrogens is 3. The van der Waals surface area contributed by atoms with Gasteiger partial charge in [-0.15, -0.1) is 0 Å². The van der Waals surface area contributed by atoms with Gasteiger partial charge in [0, 0.05) is 26.2 Å². The number of hydrazone groups is 1. The summed E-state index contributed by atoms with van der Waals surface area (Å²) in [5, 5.41) is 4.34. The lowest BCUT2D eigenvalue weighted by Crippen LogP contribution is -2.38. The van der Waals surface area contributed by atoms with Crippen LogP contribution in [0.4, 0.5) is 17.8 Å². The molecule has 0 atom stereocenters. The van der Waals surface area contributed by atoms with Crippen LogP contribution in [0.25, 0.3) is 0 Å². The zero-order valence-corrected chi connectivity index (χ0v) is 15.6. The van der Waals surface area contributed by atoms with Crippen LogP contribution >= 0.6 is 0 Å². The van der Waals surface area contributed by atoms with E-state index in [-0.39, 0.29) is 0 Å². The molecule has 0 aliphatic carbocycles. The Balaban J connectivity index is 1.56. The summed E-state index contributed by atoms with van der Waals surface area (Å²) in [4.78, 5) is 18.2. The van der Waals surface area contributed by atoms with E-state index in [9.17, 15) is 0 Å². The number of nitrogens with one attached hydrogen (secondary N) is 1. The predicted octanol–water partition coefficient (Wildman–Crippen LogP) is 2.06. The van der Waals surface area contributed by atoms with E-state index in [1.54, 1.807) is 6.21 Å². The zero-order valence-electron chi connectivity index (χ0n) is 15.6. The fraction of sp³-hybridized carbons (Fsp3) is 0.474. The van der Waals surface area contributed by atoms with Gasteiger partial charge in [-0.3, -0.25) is 0 Å². The van der Waals surface area contributed by atoms with Gasteiger partial charge in [-0.2, -0.15) is 20.1 Å². The largest absolute Gasteiger partial charge is 0.378 e. The van der Waals surface area contributed by atoms with Gasteiger partial charge in [0.25, 0.3) is 0 Å². The second kappa shape index (κ2) is 8.30. The quantitative estimate of drug-likeness (QED) is 0.640. The zero-order chi connectivity index (χ0) is 18.5. The molecule has 2 aliphatic rings. The maximum atomic E-state index is 5.44. The molecule has 0 amide bonds. The summed E-state index contributed by atoms with van der Waals surface area (Å²) in [7, 11) is 0. The maximum absolute atomic E-state index is 5.44. The minimum absolute atomic E-state index is 0.471. The molecule has 0 radical (unpaired) electrons. The number of morpholine rings is 1. The van der Waals surface area contributed by atoms with Crippen molar-refractivity contribution in [3.8, 4) is 0 Å². The van der Waals surface area contributed by atoms with Crippen molar-refractivity contribution < 1.29 is 4.74 Å². The topological polar surface area (TPSA) is 78.8 Å². The predicted molar refractivity (Wildman–Crippen MR) is 107 cm³/mol. The van der Waals surface area contributed by atoms with E-state index in [1.807, 2.05) is 18.2 Å². The molecule has 2 fully saturated rings. The van der Waals surface area contributed by atoms with Gasteiger partial charge in [-0.1, -0.05) is 24.3 Å². The van der Waals surface area contributed by atoms with Crippen LogP contribution in [0.2, 0.25) is 0 Å². The van der Waals surface area contributed by atoms with Gasteiger partial charge in [0.15, 0.2) is 0 Å². The summed E-state index contributed by atoms with van der Waals surface area (Å²) in [6, 6.07) is 8.11. The fourth-order valence-corrected chi connectivity index (χ4v) is 3.26. The minimum Gasteiger partial charge on any atom is -0.378 e. The second-order valence-electron chi connectivity index (χ2n) is 6.78. The molecule has 0 saturated carbocycles. The van der Waals surface area contributed by atoms with E-state index in [0.717, 1.165) is 37.7 Å². The Morgan fingerprint density at radius 2 is 1.63 bits per heavy atom. The third-order valence-corrected chi connectivity index (χ3v) is 4.85. The normalized spacial score (nSPS) is 17.7. The Hall–Kier alpha value is -2.74. The molecule has 2 aliphatic heterocycles. The lowest BCUT2D eigenvalue weighted by atomic mass is 10.1. The highest BCUT2D eigenvalue weighted by atomic mass is 16.5. The number of benzene rings is 1. The van der Waals surface area contributed by atoms with E-state index in [4.69, 9.17) is 9.72 Å². The Labute approximate surface area is 159 Å². The molecule has 8 heteroatoms. The Morgan fingerprint density at radius 3 is 2.33 bits per heavy atom. The first-order valence-corrected chi connectivity index (χ1v) is 9.48. The first-order valence-electron chi connectivity index (χ1n) is 9.48. The van der Waals surface area contributed by atoms with Crippen LogP contribution in [0.1, 0.15) is 24.0 Å². The van der Waals surface area contributed by atoms with Gasteiger partial charge in [-0.05, 0) is 30.9 Å². The van der Waals surface area contributed by atoms with Crippen molar-refractivity contribution in [2.75, 3.05) is 54.6 Å². The third-order valence-electron chi connectivity index (χ3n) is 4.85. The average molecular weight is 367 g/mol. The van der Waals surface area contributed by atoms with Crippen molar-refractivity contribution in [3.05, 3.63) is 35.4 Å². The summed E-state index contributed by atoms with van der Waals surface area (Å²) in [6.45, 7) is 6.99. The molecule has 1 N–H and O–H groups in total. The third kappa shape index (κ3) is 4.33. The van der Waals surface area contributed by atoms with Gasteiger partial charge in [0.2, 0.25) is 17.8 Å². The summed E-state index contributed by atoms with van der Waals surface area (Å²) in [5.41, 5.74) is 5.22. The van der Waals surface area contributed by atoms with Gasteiger partial charge in [0.1, 0.15) is 0 Å². The number of nitrogens with zero attached hydrogens (tertiary/aromatic N) is 6. The van der Waals surface area contributed by atoms with Crippen LogP contribution in [0.5, 0.6) is 0 Å². The summed E-state index contributed by atoms with van der Waals surface area (Å²) >= 11 is 0. The molecule has 1 aromatic carbocycles. The van der Waals surface area contributed by atoms with E-state index in [2.05, 4.69) is 43.3 Å². The van der Waals surface area contributed by atoms with Gasteiger partial charge < -0.3 is 14.5 Å². The van der Waals surface area contributed by atoms with E-state index in [0.29, 0.717) is 25.1 Å². The van der Waals surface area contributed by atoms with Crippen molar-refractivity contribution in [1.29, 1.82) is 0 Å². The molecular formula is C19H25N7O. The van der Waals surface area contributed by atoms with Crippen LogP contribution in [0.3, 0.4) is 0 Å². The van der Waals surface area contributed by atoms with Crippen LogP contribution in [-0.4, -0.2) is 60.6 Å². The van der Waals surface area contributed by atoms with Gasteiger partial charge >= 0.3 is 0 Å². The number of hydrogen-bond acceptors (Lipinski definition) is 8. The SMILES string of the molecule is Cc1ccccc1/C=N/Nc1nc(N2CCCC2)nc(N2CCOCC2)n1. The smallest absolute Gasteiger partial charge is 0.250 e. The van der Waals surface area contributed by atoms with Crippen molar-refractivity contribution in [3.63, 3.8) is 0 Å². The molecule has 2 aromatic rings. The Bertz CT molecular complexity index is 798. The lowest BCUT2D eigenvalue weighted by Gasteiger charge is -2.27. The molecule has 0 bridgehead atoms. The number of aryl methyl sites for hydroxylation is 1. The summed E-state index contributed by atoms with van der Waals surface area (Å²) in [5.74, 6) is 1.87. The molecule has 2 saturated heterocycles. The van der Waals surface area contributed by atoms with Crippen LogP contribution in [0, 0.1) is 6.92 Å². The molecule has 4 rings (SSSR count). The Morgan fingerprint density at radius 1 is 0.963 bits per heavy atom. The number of rotatable bonds is 5. The molecule has 1 aromatic heterocycles. The fourth-order valence-electron chi connectivity index (χ4n) is 3.26. The molecule has 3 heterocycles. The number of hydrogen-bond donors (Lipinski definition) is 1. The van der Waals surface area contributed by atoms with Crippen molar-refractivity contribution >= 4 is 24.1 Å². The van der Waals surface area contributed by atoms with Gasteiger partial charge in [-0.25, -0.2) is 5.43 Å². The molecule has 0 spiro atoms. The minimum atomic E-state index is 0.471. The lowest BCUT2D eigenvalue weighted by molar-refractivity contribution is 0.122. The highest BCUT2D eigenvalue weighted by Gasteiger charge is 2.21. The van der Waals surface area contributed by atoms with E-state index >= 15 is 0 Å². The second-order valence-corrected chi connectivity index (χ2v) is 6.78. The molecule has 142 valence electrons. The standard InChI is InChI=1S/C19H25N7O/c1-15-6-2-3-7-16(15)14-20-24-17-21-18(25-8-4-5-9-25)23-19(22-17)26-10-12-27-13-11-26/h2-3,6-7,14H,4-5,8-13H2,1H3,(H,21,22,23,24)/b20-14+. The summed E-state index contributed by atoms with van der Waals surface area (Å²) in [6.07, 6.45) is 4.14. The Kier molecular flexibility index (Phi) is 5.43. The van der Waals surface area contributed by atoms with Crippen molar-refractivity contribution in [2.45, 2.75) is 19.8 Å². The monoisotopic (exact) mass is 367 g/mol. The van der Waals surface area contributed by atoms with Crippen LogP contribution in [-0.2, 0) is 4.74 Å². The first-order chi connectivity index (χ1) is 13.3. The number of anilines is 3. The van der Waals surface area contributed by atoms with E-state index in [1.165, 1.54) is 18.4 Å². The van der Waals surface area contributed by atoms with Crippen LogP contribution in [0.15, 0.2) is 29.4 Å². The molecule has 27 heavy (non-hydrogen) atoms. The van der Waals surface area contributed by atoms with Crippen molar-refractivity contribution in [2.24, 2.45) is 5.10 Å². The molecular weight excluding hydrogens is 342 g/mol. The van der Waals surface area contributed by atoms with E-state index < -0.39 is 0 Å². The number of ether oxygens (including phenoxy) is 1.